The van der Waals surface area contributed by atoms with Crippen LogP contribution in [0.3, 0.4) is 0 Å². The summed E-state index contributed by atoms with van der Waals surface area (Å²) in [5.41, 5.74) is 1.42. The lowest BCUT2D eigenvalue weighted by Gasteiger charge is -2.15. The van der Waals surface area contributed by atoms with Gasteiger partial charge in [-0.05, 0) is 12.1 Å². The summed E-state index contributed by atoms with van der Waals surface area (Å²) in [6.07, 6.45) is 0.158. The number of para-hydroxylation sites is 1. The van der Waals surface area contributed by atoms with E-state index in [0.717, 1.165) is 5.56 Å². The molecule has 0 unspecified atom stereocenters. The molecule has 14 heavy (non-hydrogen) atoms. The number of oxime groups is 1. The highest BCUT2D eigenvalue weighted by molar-refractivity contribution is 6.13. The largest absolute Gasteiger partial charge is 0.426 e. The van der Waals surface area contributed by atoms with Gasteiger partial charge < -0.3 is 9.57 Å². The van der Waals surface area contributed by atoms with E-state index in [4.69, 9.17) is 4.74 Å². The molecule has 1 aliphatic rings. The summed E-state index contributed by atoms with van der Waals surface area (Å²) in [6.45, 7) is 0. The topological polar surface area (TPSA) is 47.9 Å². The number of rotatable bonds is 1. The Morgan fingerprint density at radius 3 is 3.00 bits per heavy atom. The molecule has 4 nitrogen and oxygen atoms in total. The minimum absolute atomic E-state index is 0.158. The first-order valence-electron chi connectivity index (χ1n) is 4.21. The molecule has 0 amide bonds. The van der Waals surface area contributed by atoms with Gasteiger partial charge in [-0.2, -0.15) is 0 Å². The molecule has 1 aliphatic heterocycles. The van der Waals surface area contributed by atoms with Crippen LogP contribution in [0.1, 0.15) is 12.0 Å². The number of carbonyl (C=O) groups excluding carboxylic acids is 1. The lowest BCUT2D eigenvalue weighted by molar-refractivity contribution is -0.133. The summed E-state index contributed by atoms with van der Waals surface area (Å²) < 4.78 is 5.03. The van der Waals surface area contributed by atoms with E-state index in [-0.39, 0.29) is 12.4 Å². The number of carbonyl (C=O) groups is 1. The van der Waals surface area contributed by atoms with Gasteiger partial charge in [-0.15, -0.1) is 0 Å². The monoisotopic (exact) mass is 191 g/mol. The maximum Gasteiger partial charge on any atom is 0.317 e. The van der Waals surface area contributed by atoms with Gasteiger partial charge in [0.1, 0.15) is 18.6 Å². The van der Waals surface area contributed by atoms with Crippen LogP contribution in [0.4, 0.5) is 0 Å². The van der Waals surface area contributed by atoms with Crippen molar-refractivity contribution in [3.05, 3.63) is 29.8 Å². The van der Waals surface area contributed by atoms with Crippen LogP contribution in [0, 0.1) is 0 Å². The molecule has 0 spiro atoms. The molecular formula is C10H9NO3. The first kappa shape index (κ1) is 8.74. The molecule has 1 aromatic rings. The molecule has 2 rings (SSSR count). The molecule has 0 saturated heterocycles. The first-order valence-corrected chi connectivity index (χ1v) is 4.21. The van der Waals surface area contributed by atoms with Crippen molar-refractivity contribution in [1.82, 2.24) is 0 Å². The van der Waals surface area contributed by atoms with Gasteiger partial charge >= 0.3 is 5.97 Å². The lowest BCUT2D eigenvalue weighted by atomic mass is 10.0. The molecule has 0 fully saturated rings. The molecule has 4 heteroatoms. The van der Waals surface area contributed by atoms with E-state index >= 15 is 0 Å². The van der Waals surface area contributed by atoms with Gasteiger partial charge in [0.05, 0.1) is 6.42 Å². The van der Waals surface area contributed by atoms with Crippen molar-refractivity contribution in [2.45, 2.75) is 6.42 Å². The Morgan fingerprint density at radius 2 is 2.21 bits per heavy atom. The predicted octanol–water partition coefficient (Wildman–Crippen LogP) is 1.35. The van der Waals surface area contributed by atoms with E-state index < -0.39 is 0 Å². The number of hydrogen-bond donors (Lipinski definition) is 0. The maximum atomic E-state index is 11.2. The third-order valence-electron chi connectivity index (χ3n) is 1.94. The van der Waals surface area contributed by atoms with Crippen molar-refractivity contribution in [2.75, 3.05) is 7.11 Å². The van der Waals surface area contributed by atoms with Crippen LogP contribution < -0.4 is 4.74 Å². The highest BCUT2D eigenvalue weighted by atomic mass is 16.6. The Hall–Kier alpha value is -1.84. The summed E-state index contributed by atoms with van der Waals surface area (Å²) in [7, 11) is 1.45. The molecule has 0 aromatic heterocycles. The number of fused-ring (bicyclic) bond motifs is 1. The SMILES string of the molecule is CON=C1CC(=O)Oc2ccccc21. The van der Waals surface area contributed by atoms with Gasteiger partial charge in [0.15, 0.2) is 0 Å². The van der Waals surface area contributed by atoms with Gasteiger partial charge in [0, 0.05) is 5.56 Å². The Balaban J connectivity index is 2.48. The Labute approximate surface area is 81.1 Å². The van der Waals surface area contributed by atoms with E-state index in [2.05, 4.69) is 9.99 Å². The second-order valence-corrected chi connectivity index (χ2v) is 2.87. The Bertz CT molecular complexity index is 398. The zero-order valence-electron chi connectivity index (χ0n) is 7.69. The van der Waals surface area contributed by atoms with Crippen molar-refractivity contribution >= 4 is 11.7 Å². The summed E-state index contributed by atoms with van der Waals surface area (Å²) in [5, 5.41) is 3.79. The third-order valence-corrected chi connectivity index (χ3v) is 1.94. The fourth-order valence-electron chi connectivity index (χ4n) is 1.38. The number of esters is 1. The standard InChI is InChI=1S/C10H9NO3/c1-13-11-8-6-10(12)14-9-5-3-2-4-7(8)9/h2-5H,6H2,1H3. The summed E-state index contributed by atoms with van der Waals surface area (Å²) >= 11 is 0. The van der Waals surface area contributed by atoms with E-state index in [1.165, 1.54) is 7.11 Å². The van der Waals surface area contributed by atoms with Crippen LogP contribution in [0.5, 0.6) is 5.75 Å². The molecule has 72 valence electrons. The van der Waals surface area contributed by atoms with Crippen molar-refractivity contribution in [3.63, 3.8) is 0 Å². The number of nitrogens with zero attached hydrogens (tertiary/aromatic N) is 1. The summed E-state index contributed by atoms with van der Waals surface area (Å²) in [5.74, 6) is 0.235. The van der Waals surface area contributed by atoms with Crippen molar-refractivity contribution in [1.29, 1.82) is 0 Å². The third kappa shape index (κ3) is 1.46. The van der Waals surface area contributed by atoms with Crippen LogP contribution >= 0.6 is 0 Å². The van der Waals surface area contributed by atoms with E-state index in [0.29, 0.717) is 11.5 Å². The zero-order chi connectivity index (χ0) is 9.97. The maximum absolute atomic E-state index is 11.2. The van der Waals surface area contributed by atoms with E-state index in [9.17, 15) is 4.79 Å². The van der Waals surface area contributed by atoms with Crippen molar-refractivity contribution in [2.24, 2.45) is 5.16 Å². The number of hydrogen-bond acceptors (Lipinski definition) is 4. The molecule has 0 aliphatic carbocycles. The average molecular weight is 191 g/mol. The molecule has 1 aromatic carbocycles. The number of benzene rings is 1. The molecular weight excluding hydrogens is 182 g/mol. The second-order valence-electron chi connectivity index (χ2n) is 2.87. The van der Waals surface area contributed by atoms with Crippen LogP contribution in [0.25, 0.3) is 0 Å². The Kier molecular flexibility index (Phi) is 2.18. The van der Waals surface area contributed by atoms with E-state index in [1.807, 2.05) is 18.2 Å². The fourth-order valence-corrected chi connectivity index (χ4v) is 1.38. The molecule has 0 saturated carbocycles. The summed E-state index contributed by atoms with van der Waals surface area (Å²) in [4.78, 5) is 15.8. The summed E-state index contributed by atoms with van der Waals surface area (Å²) in [6, 6.07) is 7.25. The predicted molar refractivity (Wildman–Crippen MR) is 50.2 cm³/mol. The smallest absolute Gasteiger partial charge is 0.317 e. The van der Waals surface area contributed by atoms with Gasteiger partial charge in [-0.3, -0.25) is 4.79 Å². The lowest BCUT2D eigenvalue weighted by Crippen LogP contribution is -2.22. The molecule has 0 bridgehead atoms. The van der Waals surface area contributed by atoms with Crippen molar-refractivity contribution < 1.29 is 14.4 Å². The molecule has 0 N–H and O–H groups in total. The highest BCUT2D eigenvalue weighted by Gasteiger charge is 2.22. The fraction of sp³-hybridized carbons (Fsp3) is 0.200. The zero-order valence-corrected chi connectivity index (χ0v) is 7.69. The van der Waals surface area contributed by atoms with Gasteiger partial charge in [0.2, 0.25) is 0 Å². The minimum Gasteiger partial charge on any atom is -0.426 e. The van der Waals surface area contributed by atoms with Crippen LogP contribution in [-0.4, -0.2) is 18.8 Å². The van der Waals surface area contributed by atoms with Crippen molar-refractivity contribution in [3.8, 4) is 5.75 Å². The quantitative estimate of drug-likeness (QED) is 0.382. The minimum atomic E-state index is -0.306. The molecule has 1 heterocycles. The Morgan fingerprint density at radius 1 is 1.43 bits per heavy atom. The van der Waals surface area contributed by atoms with Gasteiger partial charge in [-0.25, -0.2) is 0 Å². The van der Waals surface area contributed by atoms with E-state index in [1.54, 1.807) is 6.07 Å². The van der Waals surface area contributed by atoms with Crippen LogP contribution in [0.2, 0.25) is 0 Å². The molecule has 0 atom stereocenters. The second kappa shape index (κ2) is 3.49. The molecule has 0 radical (unpaired) electrons. The van der Waals surface area contributed by atoms with Crippen LogP contribution in [0.15, 0.2) is 29.4 Å². The first-order chi connectivity index (χ1) is 6.81. The number of ether oxygens (including phenoxy) is 1. The average Bonchev–Trinajstić information content (AvgIpc) is 2.18. The van der Waals surface area contributed by atoms with Crippen LogP contribution in [-0.2, 0) is 9.63 Å². The highest BCUT2D eigenvalue weighted by Crippen LogP contribution is 2.24. The normalized spacial score (nSPS) is 17.5. The van der Waals surface area contributed by atoms with Gasteiger partial charge in [-0.1, -0.05) is 17.3 Å². The van der Waals surface area contributed by atoms with Gasteiger partial charge in [0.25, 0.3) is 0 Å².